The van der Waals surface area contributed by atoms with Crippen LogP contribution in [0.3, 0.4) is 0 Å². The van der Waals surface area contributed by atoms with Crippen LogP contribution in [-0.4, -0.2) is 67.1 Å². The molecule has 0 unspecified atom stereocenters. The monoisotopic (exact) mass is 390 g/mol. The molecular weight excluding hydrogens is 356 g/mol. The third kappa shape index (κ3) is 7.50. The zero-order valence-electron chi connectivity index (χ0n) is 17.9. The number of carbonyl (C=O) groups excluding carboxylic acids is 2. The number of nitrogens with zero attached hydrogens (tertiary/aromatic N) is 2. The van der Waals surface area contributed by atoms with E-state index in [9.17, 15) is 9.59 Å². The third-order valence-electron chi connectivity index (χ3n) is 4.55. The maximum Gasteiger partial charge on any atom is 0.326 e. The number of rotatable bonds is 8. The average Bonchev–Trinajstić information content (AvgIpc) is 3.10. The number of carbonyl (C=O) groups is 2. The Morgan fingerprint density at radius 3 is 2.18 bits per heavy atom. The summed E-state index contributed by atoms with van der Waals surface area (Å²) in [6.45, 7) is 6.51. The summed E-state index contributed by atoms with van der Waals surface area (Å²) in [6.07, 6.45) is 4.90. The highest BCUT2D eigenvalue weighted by molar-refractivity contribution is 5.96. The summed E-state index contributed by atoms with van der Waals surface area (Å²) in [4.78, 5) is 28.7. The Labute approximate surface area is 168 Å². The largest absolute Gasteiger partial charge is 0.490 e. The zero-order chi connectivity index (χ0) is 20.7. The van der Waals surface area contributed by atoms with Crippen molar-refractivity contribution in [2.75, 3.05) is 33.7 Å². The minimum Gasteiger partial charge on any atom is -0.490 e. The van der Waals surface area contributed by atoms with Gasteiger partial charge in [-0.05, 0) is 84.8 Å². The Balaban J connectivity index is 2.03. The van der Waals surface area contributed by atoms with Gasteiger partial charge in [-0.1, -0.05) is 0 Å². The first-order valence-corrected chi connectivity index (χ1v) is 10.1. The first-order valence-electron chi connectivity index (χ1n) is 10.1. The highest BCUT2D eigenvalue weighted by Gasteiger charge is 2.23. The average molecular weight is 391 g/mol. The fourth-order valence-electron chi connectivity index (χ4n) is 3.16. The third-order valence-corrected chi connectivity index (χ3v) is 4.55. The van der Waals surface area contributed by atoms with Gasteiger partial charge in [-0.2, -0.15) is 0 Å². The van der Waals surface area contributed by atoms with Crippen molar-refractivity contribution in [2.45, 2.75) is 58.2 Å². The van der Waals surface area contributed by atoms with E-state index in [0.717, 1.165) is 18.6 Å². The first-order chi connectivity index (χ1) is 13.1. The van der Waals surface area contributed by atoms with Crippen LogP contribution in [0, 0.1) is 0 Å². The lowest BCUT2D eigenvalue weighted by molar-refractivity contribution is -0.155. The van der Waals surface area contributed by atoms with Crippen molar-refractivity contribution < 1.29 is 19.1 Å². The van der Waals surface area contributed by atoms with Gasteiger partial charge in [0.25, 0.3) is 5.91 Å². The topological polar surface area (TPSA) is 59.1 Å². The van der Waals surface area contributed by atoms with Crippen LogP contribution in [0.1, 0.15) is 56.8 Å². The van der Waals surface area contributed by atoms with Crippen LogP contribution in [0.4, 0.5) is 0 Å². The molecule has 1 aromatic rings. The van der Waals surface area contributed by atoms with Gasteiger partial charge in [-0.15, -0.1) is 0 Å². The molecule has 1 fully saturated rings. The smallest absolute Gasteiger partial charge is 0.326 e. The van der Waals surface area contributed by atoms with Crippen LogP contribution in [-0.2, 0) is 9.53 Å². The highest BCUT2D eigenvalue weighted by atomic mass is 16.6. The fraction of sp³-hybridized carbons (Fsp3) is 0.636. The number of esters is 1. The number of benzene rings is 1. The maximum absolute atomic E-state index is 13.0. The van der Waals surface area contributed by atoms with Crippen molar-refractivity contribution in [3.8, 4) is 5.75 Å². The Morgan fingerprint density at radius 2 is 1.64 bits per heavy atom. The molecule has 1 aliphatic carbocycles. The van der Waals surface area contributed by atoms with Crippen molar-refractivity contribution in [2.24, 2.45) is 0 Å². The summed E-state index contributed by atoms with van der Waals surface area (Å²) >= 11 is 0. The standard InChI is InChI=1S/C22H34N2O4/c1-22(2,3)28-20(25)16-24(15-14-23(4)5)21(26)17-10-12-19(13-11-17)27-18-8-6-7-9-18/h10-13,18H,6-9,14-16H2,1-5H3. The van der Waals surface area contributed by atoms with Gasteiger partial charge in [0, 0.05) is 18.7 Å². The first kappa shape index (κ1) is 22.2. The molecule has 156 valence electrons. The Morgan fingerprint density at radius 1 is 1.04 bits per heavy atom. The number of hydrogen-bond donors (Lipinski definition) is 0. The highest BCUT2D eigenvalue weighted by Crippen LogP contribution is 2.24. The molecule has 1 amide bonds. The summed E-state index contributed by atoms with van der Waals surface area (Å²) in [6, 6.07) is 7.21. The lowest BCUT2D eigenvalue weighted by Gasteiger charge is -2.26. The van der Waals surface area contributed by atoms with E-state index < -0.39 is 11.6 Å². The van der Waals surface area contributed by atoms with E-state index in [2.05, 4.69) is 0 Å². The van der Waals surface area contributed by atoms with Gasteiger partial charge in [-0.3, -0.25) is 9.59 Å². The van der Waals surface area contributed by atoms with Crippen LogP contribution in [0.15, 0.2) is 24.3 Å². The predicted molar refractivity (Wildman–Crippen MR) is 110 cm³/mol. The van der Waals surface area contributed by atoms with E-state index in [4.69, 9.17) is 9.47 Å². The van der Waals surface area contributed by atoms with E-state index in [1.54, 1.807) is 17.0 Å². The van der Waals surface area contributed by atoms with Crippen LogP contribution in [0.5, 0.6) is 5.75 Å². The number of likely N-dealkylation sites (N-methyl/N-ethyl adjacent to an activating group) is 1. The molecule has 1 aromatic carbocycles. The van der Waals surface area contributed by atoms with Crippen LogP contribution >= 0.6 is 0 Å². The quantitative estimate of drug-likeness (QED) is 0.637. The summed E-state index contributed by atoms with van der Waals surface area (Å²) in [5.41, 5.74) is -0.0341. The van der Waals surface area contributed by atoms with Gasteiger partial charge in [0.15, 0.2) is 0 Å². The molecule has 0 atom stereocenters. The minimum absolute atomic E-state index is 0.0652. The van der Waals surface area contributed by atoms with Gasteiger partial charge in [0.2, 0.25) is 0 Å². The molecule has 6 heteroatoms. The van der Waals surface area contributed by atoms with Gasteiger partial charge < -0.3 is 19.3 Å². The van der Waals surface area contributed by atoms with Gasteiger partial charge in [0.05, 0.1) is 6.10 Å². The second-order valence-corrected chi connectivity index (χ2v) is 8.67. The molecule has 0 heterocycles. The van der Waals surface area contributed by atoms with Crippen LogP contribution < -0.4 is 4.74 Å². The van der Waals surface area contributed by atoms with Crippen LogP contribution in [0.2, 0.25) is 0 Å². The molecule has 2 rings (SSSR count). The minimum atomic E-state index is -0.577. The lowest BCUT2D eigenvalue weighted by atomic mass is 10.1. The molecule has 1 aliphatic rings. The van der Waals surface area contributed by atoms with Crippen LogP contribution in [0.25, 0.3) is 0 Å². The molecule has 28 heavy (non-hydrogen) atoms. The maximum atomic E-state index is 13.0. The normalized spacial score (nSPS) is 14.9. The Bertz CT molecular complexity index is 643. The molecule has 6 nitrogen and oxygen atoms in total. The molecule has 0 radical (unpaired) electrons. The predicted octanol–water partition coefficient (Wildman–Crippen LogP) is 3.35. The van der Waals surface area contributed by atoms with Crippen molar-refractivity contribution in [3.63, 3.8) is 0 Å². The SMILES string of the molecule is CN(C)CCN(CC(=O)OC(C)(C)C)C(=O)c1ccc(OC2CCCC2)cc1. The van der Waals surface area contributed by atoms with E-state index >= 15 is 0 Å². The fourth-order valence-corrected chi connectivity index (χ4v) is 3.16. The van der Waals surface area contributed by atoms with E-state index in [1.165, 1.54) is 12.8 Å². The van der Waals surface area contributed by atoms with Gasteiger partial charge in [0.1, 0.15) is 17.9 Å². The molecule has 0 spiro atoms. The van der Waals surface area contributed by atoms with Crippen molar-refractivity contribution in [1.82, 2.24) is 9.80 Å². The van der Waals surface area contributed by atoms with Gasteiger partial charge >= 0.3 is 5.97 Å². The second kappa shape index (κ2) is 9.92. The molecule has 0 aromatic heterocycles. The van der Waals surface area contributed by atoms with Gasteiger partial charge in [-0.25, -0.2) is 0 Å². The molecule has 1 saturated carbocycles. The summed E-state index contributed by atoms with van der Waals surface area (Å²) in [5, 5.41) is 0. The number of ether oxygens (including phenoxy) is 2. The lowest BCUT2D eigenvalue weighted by Crippen LogP contribution is -2.42. The number of hydrogen-bond acceptors (Lipinski definition) is 5. The molecule has 0 aliphatic heterocycles. The summed E-state index contributed by atoms with van der Waals surface area (Å²) in [7, 11) is 3.87. The van der Waals surface area contributed by atoms with E-state index in [-0.39, 0.29) is 18.6 Å². The van der Waals surface area contributed by atoms with Crippen molar-refractivity contribution in [3.05, 3.63) is 29.8 Å². The summed E-state index contributed by atoms with van der Waals surface area (Å²) < 4.78 is 11.4. The zero-order valence-corrected chi connectivity index (χ0v) is 17.9. The van der Waals surface area contributed by atoms with Crippen molar-refractivity contribution >= 4 is 11.9 Å². The summed E-state index contributed by atoms with van der Waals surface area (Å²) in [5.74, 6) is 0.205. The Kier molecular flexibility index (Phi) is 7.87. The molecule has 0 bridgehead atoms. The Hall–Kier alpha value is -2.08. The molecule has 0 N–H and O–H groups in total. The van der Waals surface area contributed by atoms with E-state index in [1.807, 2.05) is 51.9 Å². The van der Waals surface area contributed by atoms with E-state index in [0.29, 0.717) is 18.7 Å². The number of amides is 1. The molecular formula is C22H34N2O4. The molecule has 0 saturated heterocycles. The second-order valence-electron chi connectivity index (χ2n) is 8.67. The van der Waals surface area contributed by atoms with Crippen molar-refractivity contribution in [1.29, 1.82) is 0 Å².